The van der Waals surface area contributed by atoms with Gasteiger partial charge in [-0.25, -0.2) is 4.79 Å². The summed E-state index contributed by atoms with van der Waals surface area (Å²) >= 11 is 0. The highest BCUT2D eigenvalue weighted by Gasteiger charge is 2.27. The van der Waals surface area contributed by atoms with Gasteiger partial charge in [0.1, 0.15) is 6.10 Å². The van der Waals surface area contributed by atoms with E-state index in [0.717, 1.165) is 0 Å². The number of aliphatic carboxylic acids is 1. The number of hydrogen-bond acceptors (Lipinski definition) is 4. The first-order valence-corrected chi connectivity index (χ1v) is 3.14. The standard InChI is InChI=1S/C6H10O5/c1-2-3(7)4(8)5(9)6(10)11/h3-4,7-8H,2H2,1H3,(H,10,11). The van der Waals surface area contributed by atoms with Crippen molar-refractivity contribution in [3.63, 3.8) is 0 Å². The Kier molecular flexibility index (Phi) is 3.70. The van der Waals surface area contributed by atoms with Gasteiger partial charge in [-0.15, -0.1) is 0 Å². The van der Waals surface area contributed by atoms with Crippen molar-refractivity contribution >= 4 is 11.8 Å². The Hall–Kier alpha value is -0.940. The molecule has 0 amide bonds. The lowest BCUT2D eigenvalue weighted by Gasteiger charge is -2.11. The molecule has 3 N–H and O–H groups in total. The largest absolute Gasteiger partial charge is 0.475 e. The number of rotatable bonds is 4. The fourth-order valence-electron chi connectivity index (χ4n) is 0.525. The van der Waals surface area contributed by atoms with Gasteiger partial charge in [0, 0.05) is 0 Å². The Balaban J connectivity index is 4.13. The molecular formula is C6H10O5. The smallest absolute Gasteiger partial charge is 0.375 e. The molecular weight excluding hydrogens is 152 g/mol. The van der Waals surface area contributed by atoms with Gasteiger partial charge in [0.2, 0.25) is 0 Å². The van der Waals surface area contributed by atoms with Crippen LogP contribution >= 0.6 is 0 Å². The highest BCUT2D eigenvalue weighted by atomic mass is 16.4. The van der Waals surface area contributed by atoms with Gasteiger partial charge < -0.3 is 15.3 Å². The Morgan fingerprint density at radius 2 is 1.82 bits per heavy atom. The number of Topliss-reactive ketones (excluding diaryl/α,β-unsaturated/α-hetero) is 1. The lowest BCUT2D eigenvalue weighted by atomic mass is 10.1. The van der Waals surface area contributed by atoms with Crippen molar-refractivity contribution in [1.82, 2.24) is 0 Å². The summed E-state index contributed by atoms with van der Waals surface area (Å²) in [5, 5.41) is 25.7. The van der Waals surface area contributed by atoms with Gasteiger partial charge in [0.05, 0.1) is 6.10 Å². The van der Waals surface area contributed by atoms with E-state index in [1.807, 2.05) is 0 Å². The zero-order chi connectivity index (χ0) is 9.02. The van der Waals surface area contributed by atoms with Crippen molar-refractivity contribution in [1.29, 1.82) is 0 Å². The van der Waals surface area contributed by atoms with Crippen LogP contribution in [0.5, 0.6) is 0 Å². The maximum atomic E-state index is 10.4. The third-order valence-corrected chi connectivity index (χ3v) is 1.26. The number of aliphatic hydroxyl groups excluding tert-OH is 2. The molecule has 0 heterocycles. The van der Waals surface area contributed by atoms with Crippen LogP contribution in [0, 0.1) is 0 Å². The predicted octanol–water partition coefficient (Wildman–Crippen LogP) is -1.23. The van der Waals surface area contributed by atoms with E-state index in [1.54, 1.807) is 0 Å². The molecule has 0 saturated heterocycles. The molecule has 11 heavy (non-hydrogen) atoms. The van der Waals surface area contributed by atoms with Crippen LogP contribution in [0.2, 0.25) is 0 Å². The van der Waals surface area contributed by atoms with Gasteiger partial charge in [0.25, 0.3) is 5.78 Å². The van der Waals surface area contributed by atoms with E-state index in [0.29, 0.717) is 0 Å². The second kappa shape index (κ2) is 4.05. The molecule has 0 bridgehead atoms. The first kappa shape index (κ1) is 10.1. The molecule has 0 saturated carbocycles. The molecule has 0 aliphatic heterocycles. The van der Waals surface area contributed by atoms with E-state index < -0.39 is 24.0 Å². The molecule has 2 unspecified atom stereocenters. The van der Waals surface area contributed by atoms with Crippen LogP contribution in [-0.2, 0) is 9.59 Å². The van der Waals surface area contributed by atoms with Crippen LogP contribution in [0.1, 0.15) is 13.3 Å². The fraction of sp³-hybridized carbons (Fsp3) is 0.667. The molecule has 0 aliphatic carbocycles. The SMILES string of the molecule is CCC(O)C(O)C(=O)C(=O)O. The maximum Gasteiger partial charge on any atom is 0.375 e. The molecule has 5 nitrogen and oxygen atoms in total. The van der Waals surface area contributed by atoms with E-state index in [9.17, 15) is 9.59 Å². The minimum atomic E-state index is -1.81. The molecule has 2 atom stereocenters. The number of carbonyl (C=O) groups is 2. The molecule has 5 heteroatoms. The third kappa shape index (κ3) is 2.65. The van der Waals surface area contributed by atoms with E-state index in [1.165, 1.54) is 6.92 Å². The highest BCUT2D eigenvalue weighted by Crippen LogP contribution is 1.99. The van der Waals surface area contributed by atoms with E-state index in [4.69, 9.17) is 15.3 Å². The first-order chi connectivity index (χ1) is 5.00. The molecule has 0 fully saturated rings. The van der Waals surface area contributed by atoms with Crippen molar-refractivity contribution < 1.29 is 24.9 Å². The van der Waals surface area contributed by atoms with Crippen LogP contribution in [0.3, 0.4) is 0 Å². The van der Waals surface area contributed by atoms with Gasteiger partial charge >= 0.3 is 5.97 Å². The topological polar surface area (TPSA) is 94.8 Å². The van der Waals surface area contributed by atoms with Gasteiger partial charge in [-0.2, -0.15) is 0 Å². The Morgan fingerprint density at radius 1 is 1.36 bits per heavy atom. The minimum absolute atomic E-state index is 0.139. The second-order valence-corrected chi connectivity index (χ2v) is 2.09. The molecule has 0 rings (SSSR count). The van der Waals surface area contributed by atoms with Crippen molar-refractivity contribution in [3.05, 3.63) is 0 Å². The van der Waals surface area contributed by atoms with E-state index in [2.05, 4.69) is 0 Å². The lowest BCUT2D eigenvalue weighted by molar-refractivity contribution is -0.156. The van der Waals surface area contributed by atoms with Crippen molar-refractivity contribution in [2.45, 2.75) is 25.6 Å². The Labute approximate surface area is 63.3 Å². The van der Waals surface area contributed by atoms with Crippen LogP contribution in [0.15, 0.2) is 0 Å². The fourth-order valence-corrected chi connectivity index (χ4v) is 0.525. The number of carbonyl (C=O) groups excluding carboxylic acids is 1. The number of carboxylic acids is 1. The zero-order valence-electron chi connectivity index (χ0n) is 6.02. The molecule has 0 aromatic heterocycles. The van der Waals surface area contributed by atoms with Gasteiger partial charge in [-0.1, -0.05) is 6.92 Å². The monoisotopic (exact) mass is 162 g/mol. The van der Waals surface area contributed by atoms with Crippen LogP contribution in [0.4, 0.5) is 0 Å². The van der Waals surface area contributed by atoms with Crippen molar-refractivity contribution in [2.75, 3.05) is 0 Å². The average Bonchev–Trinajstić information content (AvgIpc) is 2.00. The zero-order valence-corrected chi connectivity index (χ0v) is 6.02. The number of aliphatic hydroxyl groups is 2. The van der Waals surface area contributed by atoms with Gasteiger partial charge in [-0.05, 0) is 6.42 Å². The third-order valence-electron chi connectivity index (χ3n) is 1.26. The van der Waals surface area contributed by atoms with Gasteiger partial charge in [0.15, 0.2) is 0 Å². The van der Waals surface area contributed by atoms with Crippen LogP contribution in [0.25, 0.3) is 0 Å². The summed E-state index contributed by atoms with van der Waals surface area (Å²) in [5.41, 5.74) is 0. The summed E-state index contributed by atoms with van der Waals surface area (Å²) in [4.78, 5) is 20.4. The normalized spacial score (nSPS) is 15.5. The second-order valence-electron chi connectivity index (χ2n) is 2.09. The van der Waals surface area contributed by atoms with Crippen LogP contribution in [-0.4, -0.2) is 39.3 Å². The molecule has 0 spiro atoms. The predicted molar refractivity (Wildman–Crippen MR) is 34.9 cm³/mol. The van der Waals surface area contributed by atoms with Crippen LogP contribution < -0.4 is 0 Å². The summed E-state index contributed by atoms with van der Waals surface area (Å²) in [6, 6.07) is 0. The maximum absolute atomic E-state index is 10.4. The first-order valence-electron chi connectivity index (χ1n) is 3.14. The van der Waals surface area contributed by atoms with Crippen molar-refractivity contribution in [2.24, 2.45) is 0 Å². The number of carboxylic acid groups (broad SMARTS) is 1. The molecule has 0 aromatic rings. The summed E-state index contributed by atoms with van der Waals surface area (Å²) in [5.74, 6) is -3.11. The Morgan fingerprint density at radius 3 is 2.09 bits per heavy atom. The van der Waals surface area contributed by atoms with Crippen molar-refractivity contribution in [3.8, 4) is 0 Å². The highest BCUT2D eigenvalue weighted by molar-refractivity contribution is 6.34. The lowest BCUT2D eigenvalue weighted by Crippen LogP contribution is -2.37. The summed E-state index contributed by atoms with van der Waals surface area (Å²) < 4.78 is 0. The quantitative estimate of drug-likeness (QED) is 0.450. The van der Waals surface area contributed by atoms with E-state index >= 15 is 0 Å². The molecule has 0 aromatic carbocycles. The summed E-state index contributed by atoms with van der Waals surface area (Å²) in [6.07, 6.45) is -2.96. The average molecular weight is 162 g/mol. The Bertz CT molecular complexity index is 164. The summed E-state index contributed by atoms with van der Waals surface area (Å²) in [6.45, 7) is 1.53. The van der Waals surface area contributed by atoms with Gasteiger partial charge in [-0.3, -0.25) is 4.79 Å². The molecule has 0 radical (unpaired) electrons. The number of ketones is 1. The molecule has 64 valence electrons. The minimum Gasteiger partial charge on any atom is -0.475 e. The molecule has 0 aliphatic rings. The summed E-state index contributed by atoms with van der Waals surface area (Å²) in [7, 11) is 0. The van der Waals surface area contributed by atoms with E-state index in [-0.39, 0.29) is 6.42 Å². The number of hydrogen-bond donors (Lipinski definition) is 3.